The number of hydrogen-bond acceptors (Lipinski definition) is 1. The molecule has 62 valence electrons. The second-order valence-electron chi connectivity index (χ2n) is 2.86. The van der Waals surface area contributed by atoms with Gasteiger partial charge in [-0.3, -0.25) is 0 Å². The third kappa shape index (κ3) is 3.53. The van der Waals surface area contributed by atoms with Crippen molar-refractivity contribution in [1.29, 1.82) is 0 Å². The van der Waals surface area contributed by atoms with Crippen molar-refractivity contribution >= 4 is 19.2 Å². The first-order valence-electron chi connectivity index (χ1n) is 4.50. The Bertz CT molecular complexity index is 74.0. The van der Waals surface area contributed by atoms with Gasteiger partial charge in [0.25, 0.3) is 0 Å². The van der Waals surface area contributed by atoms with Crippen molar-refractivity contribution in [3.05, 3.63) is 0 Å². The van der Waals surface area contributed by atoms with E-state index in [9.17, 15) is 0 Å². The predicted molar refractivity (Wildman–Crippen MR) is 55.5 cm³/mol. The molecule has 0 aromatic rings. The fraction of sp³-hybridized carbons (Fsp3) is 1.00. The van der Waals surface area contributed by atoms with E-state index in [2.05, 4.69) is 25.0 Å². The van der Waals surface area contributed by atoms with Crippen LogP contribution in [0.15, 0.2) is 0 Å². The van der Waals surface area contributed by atoms with Gasteiger partial charge in [-0.1, -0.05) is 32.5 Å². The van der Waals surface area contributed by atoms with E-state index in [1.165, 1.54) is 35.4 Å². The van der Waals surface area contributed by atoms with Crippen molar-refractivity contribution in [2.24, 2.45) is 0 Å². The fourth-order valence-electron chi connectivity index (χ4n) is 1.45. The average molecular weight is 175 g/mol. The summed E-state index contributed by atoms with van der Waals surface area (Å²) in [5.74, 6) is 0. The molecule has 0 aromatic heterocycles. The normalized spacial score (nSPS) is 14.4. The third-order valence-electron chi connectivity index (χ3n) is 2.14. The second-order valence-corrected chi connectivity index (χ2v) is 6.86. The summed E-state index contributed by atoms with van der Waals surface area (Å²) in [5.41, 5.74) is 0. The van der Waals surface area contributed by atoms with E-state index in [1.54, 1.807) is 0 Å². The van der Waals surface area contributed by atoms with Gasteiger partial charge in [0.1, 0.15) is 8.96 Å². The molecule has 0 rings (SSSR count). The first-order valence-corrected chi connectivity index (χ1v) is 8.40. The van der Waals surface area contributed by atoms with Crippen LogP contribution in [0.3, 0.4) is 0 Å². The summed E-state index contributed by atoms with van der Waals surface area (Å²) in [5, 5.41) is 0. The zero-order chi connectivity index (χ0) is 7.98. The van der Waals surface area contributed by atoms with Gasteiger partial charge in [0.15, 0.2) is 0 Å². The van der Waals surface area contributed by atoms with E-state index >= 15 is 0 Å². The lowest BCUT2D eigenvalue weighted by Gasteiger charge is -2.24. The largest absolute Gasteiger partial charge is 0.327 e. The lowest BCUT2D eigenvalue weighted by molar-refractivity contribution is 0.480. The molecular weight excluding hydrogens is 154 g/mol. The molecule has 0 fully saturated rings. The molecule has 0 aliphatic rings. The van der Waals surface area contributed by atoms with E-state index in [0.29, 0.717) is 0 Å². The van der Waals surface area contributed by atoms with Gasteiger partial charge in [0.05, 0.1) is 0 Å². The first-order chi connectivity index (χ1) is 4.76. The smallest absolute Gasteiger partial charge is 0.108 e. The molecule has 0 saturated heterocycles. The summed E-state index contributed by atoms with van der Waals surface area (Å²) in [4.78, 5) is 0. The zero-order valence-electron chi connectivity index (χ0n) is 7.85. The Morgan fingerprint density at radius 2 is 1.80 bits per heavy atom. The minimum atomic E-state index is -0.449. The molecule has 10 heavy (non-hydrogen) atoms. The fourth-order valence-corrected chi connectivity index (χ4v) is 6.40. The maximum absolute atomic E-state index is 2.66. The molecule has 0 aliphatic carbocycles. The van der Waals surface area contributed by atoms with E-state index in [4.69, 9.17) is 0 Å². The van der Waals surface area contributed by atoms with Crippen LogP contribution in [0.1, 0.15) is 13.8 Å². The molecule has 0 radical (unpaired) electrons. The molecule has 0 heterocycles. The lowest BCUT2D eigenvalue weighted by Crippen LogP contribution is -2.36. The summed E-state index contributed by atoms with van der Waals surface area (Å²) in [6.07, 6.45) is 0. The molecule has 0 bridgehead atoms. The molecule has 0 N–H and O–H groups in total. The van der Waals surface area contributed by atoms with Crippen LogP contribution < -0.4 is 0 Å². The van der Waals surface area contributed by atoms with Gasteiger partial charge in [-0.2, -0.15) is 0 Å². The quantitative estimate of drug-likeness (QED) is 0.549. The van der Waals surface area contributed by atoms with Gasteiger partial charge in [-0.05, 0) is 13.1 Å². The Balaban J connectivity index is 3.53. The standard InChI is InChI=1S/C7H21NSi2/c1-4-8(5-2)10(3)7-6-9/h10H,4-7H2,1-3,9H3. The van der Waals surface area contributed by atoms with Crippen molar-refractivity contribution in [2.45, 2.75) is 32.5 Å². The van der Waals surface area contributed by atoms with Gasteiger partial charge in [0.2, 0.25) is 0 Å². The van der Waals surface area contributed by atoms with E-state index in [1.807, 2.05) is 0 Å². The predicted octanol–water partition coefficient (Wildman–Crippen LogP) is 0.465. The number of rotatable bonds is 5. The topological polar surface area (TPSA) is 3.24 Å². The van der Waals surface area contributed by atoms with E-state index in [0.717, 1.165) is 0 Å². The molecule has 0 spiro atoms. The van der Waals surface area contributed by atoms with E-state index < -0.39 is 8.96 Å². The monoisotopic (exact) mass is 175 g/mol. The van der Waals surface area contributed by atoms with Crippen molar-refractivity contribution < 1.29 is 0 Å². The summed E-state index contributed by atoms with van der Waals surface area (Å²) in [6, 6.07) is 3.04. The van der Waals surface area contributed by atoms with Crippen molar-refractivity contribution in [2.75, 3.05) is 13.1 Å². The summed E-state index contributed by atoms with van der Waals surface area (Å²) < 4.78 is 2.66. The van der Waals surface area contributed by atoms with Crippen LogP contribution in [0.2, 0.25) is 18.6 Å². The van der Waals surface area contributed by atoms with Gasteiger partial charge >= 0.3 is 0 Å². The second kappa shape index (κ2) is 6.13. The van der Waals surface area contributed by atoms with E-state index in [-0.39, 0.29) is 0 Å². The highest BCUT2D eigenvalue weighted by molar-refractivity contribution is 6.55. The Morgan fingerprint density at radius 3 is 2.10 bits per heavy atom. The van der Waals surface area contributed by atoms with Gasteiger partial charge in [-0.25, -0.2) is 0 Å². The summed E-state index contributed by atoms with van der Waals surface area (Å²) in [7, 11) is 0.947. The van der Waals surface area contributed by atoms with Gasteiger partial charge < -0.3 is 4.57 Å². The summed E-state index contributed by atoms with van der Waals surface area (Å²) >= 11 is 0. The van der Waals surface area contributed by atoms with Crippen LogP contribution in [0.25, 0.3) is 0 Å². The van der Waals surface area contributed by atoms with Crippen LogP contribution in [0.5, 0.6) is 0 Å². The molecule has 1 unspecified atom stereocenters. The molecule has 3 heteroatoms. The van der Waals surface area contributed by atoms with Crippen LogP contribution >= 0.6 is 0 Å². The Labute approximate surface area is 69.9 Å². The van der Waals surface area contributed by atoms with Crippen molar-refractivity contribution in [3.63, 3.8) is 0 Å². The molecule has 0 amide bonds. The zero-order valence-corrected chi connectivity index (χ0v) is 11.0. The Kier molecular flexibility index (Phi) is 6.37. The van der Waals surface area contributed by atoms with Crippen LogP contribution in [-0.2, 0) is 0 Å². The first kappa shape index (κ1) is 10.4. The van der Waals surface area contributed by atoms with Gasteiger partial charge in [-0.15, -0.1) is 0 Å². The minimum absolute atomic E-state index is 0.449. The maximum atomic E-state index is 2.66. The average Bonchev–Trinajstić information content (AvgIpc) is 1.91. The number of nitrogens with zero attached hydrogens (tertiary/aromatic N) is 1. The van der Waals surface area contributed by atoms with Crippen LogP contribution in [-0.4, -0.2) is 36.9 Å². The molecule has 1 atom stereocenters. The van der Waals surface area contributed by atoms with Gasteiger partial charge in [0, 0.05) is 10.2 Å². The molecule has 0 aromatic carbocycles. The maximum Gasteiger partial charge on any atom is 0.108 e. The molecule has 0 saturated carbocycles. The highest BCUT2D eigenvalue weighted by Crippen LogP contribution is 2.01. The number of hydrogen-bond donors (Lipinski definition) is 0. The molecule has 1 nitrogen and oxygen atoms in total. The van der Waals surface area contributed by atoms with Crippen LogP contribution in [0.4, 0.5) is 0 Å². The highest BCUT2D eigenvalue weighted by Gasteiger charge is 2.09. The highest BCUT2D eigenvalue weighted by atomic mass is 28.3. The SMILES string of the molecule is CCN(CC)[SiH](C)CC[SiH3]. The van der Waals surface area contributed by atoms with Crippen molar-refractivity contribution in [1.82, 2.24) is 4.57 Å². The van der Waals surface area contributed by atoms with Crippen LogP contribution in [0, 0.1) is 0 Å². The molecular formula is C7H21NSi2. The lowest BCUT2D eigenvalue weighted by atomic mass is 10.7. The van der Waals surface area contributed by atoms with Crippen molar-refractivity contribution in [3.8, 4) is 0 Å². The Morgan fingerprint density at radius 1 is 1.30 bits per heavy atom. The molecule has 0 aliphatic heterocycles. The third-order valence-corrected chi connectivity index (χ3v) is 7.26. The Hall–Kier alpha value is 0.394. The summed E-state index contributed by atoms with van der Waals surface area (Å²) in [6.45, 7) is 9.57. The minimum Gasteiger partial charge on any atom is -0.327 e.